The predicted octanol–water partition coefficient (Wildman–Crippen LogP) is 4.90. The number of rotatable bonds is 4. The van der Waals surface area contributed by atoms with Crippen LogP contribution in [-0.4, -0.2) is 16.7 Å². The Morgan fingerprint density at radius 1 is 1.20 bits per heavy atom. The molecule has 0 amide bonds. The molecule has 0 atom stereocenters. The van der Waals surface area contributed by atoms with E-state index in [0.717, 1.165) is 30.3 Å². The fourth-order valence-electron chi connectivity index (χ4n) is 4.26. The summed E-state index contributed by atoms with van der Waals surface area (Å²) >= 11 is 3.49. The van der Waals surface area contributed by atoms with Crippen molar-refractivity contribution in [2.24, 2.45) is 0 Å². The third kappa shape index (κ3) is 2.73. The van der Waals surface area contributed by atoms with E-state index in [-0.39, 0.29) is 16.6 Å². The molecule has 1 aromatic carbocycles. The fraction of sp³-hybridized carbons (Fsp3) is 0.500. The highest BCUT2D eigenvalue weighted by Gasteiger charge is 2.70. The summed E-state index contributed by atoms with van der Waals surface area (Å²) in [6, 6.07) is 10.6. The van der Waals surface area contributed by atoms with Gasteiger partial charge in [0.1, 0.15) is 5.60 Å². The summed E-state index contributed by atoms with van der Waals surface area (Å²) in [6.07, 6.45) is 3.23. The molecule has 132 valence electrons. The summed E-state index contributed by atoms with van der Waals surface area (Å²) in [6.45, 7) is 5.52. The summed E-state index contributed by atoms with van der Waals surface area (Å²) in [4.78, 5) is 12.1. The topological polar surface area (TPSA) is 52.3 Å². The van der Waals surface area contributed by atoms with Crippen LogP contribution in [0.15, 0.2) is 34.9 Å². The molecule has 3 saturated carbocycles. The minimum Gasteiger partial charge on any atom is -0.454 e. The molecule has 0 spiro atoms. The quantitative estimate of drug-likeness (QED) is 0.538. The van der Waals surface area contributed by atoms with Gasteiger partial charge in [-0.05, 0) is 56.6 Å². The van der Waals surface area contributed by atoms with Crippen LogP contribution < -0.4 is 0 Å². The van der Waals surface area contributed by atoms with Crippen LogP contribution >= 0.6 is 15.9 Å². The van der Waals surface area contributed by atoms with Gasteiger partial charge in [0.15, 0.2) is 0 Å². The second-order valence-corrected chi connectivity index (χ2v) is 9.06. The van der Waals surface area contributed by atoms with Gasteiger partial charge in [-0.3, -0.25) is 0 Å². The van der Waals surface area contributed by atoms with Crippen molar-refractivity contribution in [3.8, 4) is 0 Å². The lowest BCUT2D eigenvalue weighted by Crippen LogP contribution is -2.67. The molecule has 2 bridgehead atoms. The monoisotopic (exact) mass is 403 g/mol. The Morgan fingerprint density at radius 3 is 2.40 bits per heavy atom. The van der Waals surface area contributed by atoms with Crippen LogP contribution in [0.1, 0.15) is 67.4 Å². The first-order valence-electron chi connectivity index (χ1n) is 8.61. The van der Waals surface area contributed by atoms with Crippen LogP contribution in [0.2, 0.25) is 0 Å². The number of benzene rings is 1. The van der Waals surface area contributed by atoms with Gasteiger partial charge in [0.05, 0.1) is 5.69 Å². The Labute approximate surface area is 156 Å². The average molecular weight is 404 g/mol. The molecule has 1 heterocycles. The van der Waals surface area contributed by atoms with Gasteiger partial charge >= 0.3 is 5.97 Å². The summed E-state index contributed by atoms with van der Waals surface area (Å²) in [5, 5.41) is 5.05. The number of ether oxygens (including phenoxy) is 1. The summed E-state index contributed by atoms with van der Waals surface area (Å²) < 4.78 is 10.6. The minimum atomic E-state index is -0.536. The Morgan fingerprint density at radius 2 is 1.84 bits per heavy atom. The first-order chi connectivity index (χ1) is 11.8. The number of carbonyl (C=O) groups excluding carboxylic acids is 1. The molecule has 0 saturated heterocycles. The molecular weight excluding hydrogens is 382 g/mol. The number of nitrogens with zero attached hydrogens (tertiary/aromatic N) is 1. The van der Waals surface area contributed by atoms with Gasteiger partial charge in [0.2, 0.25) is 5.76 Å². The number of aromatic nitrogens is 1. The molecule has 1 aromatic heterocycles. The molecule has 4 nitrogen and oxygen atoms in total. The maximum atomic E-state index is 12.1. The second-order valence-electron chi connectivity index (χ2n) is 8.50. The van der Waals surface area contributed by atoms with Crippen LogP contribution in [0.5, 0.6) is 0 Å². The molecule has 2 aromatic rings. The fourth-order valence-corrected chi connectivity index (χ4v) is 4.64. The Balaban J connectivity index is 1.45. The predicted molar refractivity (Wildman–Crippen MR) is 98.0 cm³/mol. The van der Waals surface area contributed by atoms with Gasteiger partial charge in [0.25, 0.3) is 0 Å². The van der Waals surface area contributed by atoms with E-state index in [4.69, 9.17) is 9.26 Å². The van der Waals surface area contributed by atoms with Crippen molar-refractivity contribution in [2.75, 3.05) is 0 Å². The smallest absolute Gasteiger partial charge is 0.377 e. The molecular formula is C20H22BrNO3. The van der Waals surface area contributed by atoms with Gasteiger partial charge in [-0.2, -0.15) is 0 Å². The van der Waals surface area contributed by atoms with E-state index >= 15 is 0 Å². The molecule has 5 rings (SSSR count). The van der Waals surface area contributed by atoms with E-state index in [2.05, 4.69) is 45.4 Å². The van der Waals surface area contributed by atoms with Crippen molar-refractivity contribution in [3.05, 3.63) is 52.9 Å². The number of esters is 1. The molecule has 3 aliphatic carbocycles. The van der Waals surface area contributed by atoms with E-state index in [1.807, 2.05) is 20.8 Å². The Hall–Kier alpha value is -1.62. The van der Waals surface area contributed by atoms with E-state index in [0.29, 0.717) is 0 Å². The largest absolute Gasteiger partial charge is 0.454 e. The average Bonchev–Trinajstić information content (AvgIpc) is 2.93. The van der Waals surface area contributed by atoms with Crippen molar-refractivity contribution in [2.45, 2.75) is 61.8 Å². The van der Waals surface area contributed by atoms with Crippen molar-refractivity contribution in [1.82, 2.24) is 5.16 Å². The normalized spacial score (nSPS) is 27.4. The third-order valence-electron chi connectivity index (χ3n) is 5.40. The molecule has 3 fully saturated rings. The zero-order valence-electron chi connectivity index (χ0n) is 14.8. The van der Waals surface area contributed by atoms with Crippen molar-refractivity contribution < 1.29 is 14.1 Å². The minimum absolute atomic E-state index is 0.0812. The van der Waals surface area contributed by atoms with E-state index in [1.54, 1.807) is 6.07 Å². The molecule has 0 unspecified atom stereocenters. The standard InChI is InChI=1S/C20H22BrNO3/c1-18(2,3)24-17(23)15-8-16(22-25-15)20-10-19(11-20,12-20)14-6-4-13(9-21)5-7-14/h4-8H,9-12H2,1-3H3. The maximum Gasteiger partial charge on any atom is 0.377 e. The third-order valence-corrected chi connectivity index (χ3v) is 6.05. The first kappa shape index (κ1) is 16.8. The number of carbonyl (C=O) groups is 1. The summed E-state index contributed by atoms with van der Waals surface area (Å²) in [5.74, 6) is -0.247. The molecule has 0 radical (unpaired) electrons. The lowest BCUT2D eigenvalue weighted by Gasteiger charge is -2.70. The summed E-state index contributed by atoms with van der Waals surface area (Å²) in [5.41, 5.74) is 3.44. The van der Waals surface area contributed by atoms with Crippen LogP contribution in [-0.2, 0) is 20.9 Å². The second kappa shape index (κ2) is 5.44. The van der Waals surface area contributed by atoms with Gasteiger partial charge < -0.3 is 9.26 Å². The summed E-state index contributed by atoms with van der Waals surface area (Å²) in [7, 11) is 0. The van der Waals surface area contributed by atoms with Crippen LogP contribution in [0.3, 0.4) is 0 Å². The van der Waals surface area contributed by atoms with E-state index < -0.39 is 11.6 Å². The zero-order valence-corrected chi connectivity index (χ0v) is 16.4. The van der Waals surface area contributed by atoms with Gasteiger partial charge in [-0.25, -0.2) is 4.79 Å². The van der Waals surface area contributed by atoms with Gasteiger partial charge in [0, 0.05) is 16.8 Å². The maximum absolute atomic E-state index is 12.1. The Kier molecular flexibility index (Phi) is 3.66. The van der Waals surface area contributed by atoms with Crippen molar-refractivity contribution in [3.63, 3.8) is 0 Å². The van der Waals surface area contributed by atoms with Gasteiger partial charge in [-0.15, -0.1) is 0 Å². The van der Waals surface area contributed by atoms with Gasteiger partial charge in [-0.1, -0.05) is 45.4 Å². The molecule has 0 aliphatic heterocycles. The number of alkyl halides is 1. The van der Waals surface area contributed by atoms with Crippen LogP contribution in [0.4, 0.5) is 0 Å². The number of hydrogen-bond acceptors (Lipinski definition) is 4. The lowest BCUT2D eigenvalue weighted by atomic mass is 9.32. The first-order valence-corrected chi connectivity index (χ1v) is 9.73. The zero-order chi connectivity index (χ0) is 17.9. The highest BCUT2D eigenvalue weighted by Crippen LogP contribution is 2.73. The lowest BCUT2D eigenvalue weighted by molar-refractivity contribution is -0.0738. The SMILES string of the molecule is CC(C)(C)OC(=O)c1cc(C23CC(c4ccc(CBr)cc4)(C2)C3)no1. The van der Waals surface area contributed by atoms with Crippen molar-refractivity contribution in [1.29, 1.82) is 0 Å². The highest BCUT2D eigenvalue weighted by atomic mass is 79.9. The van der Waals surface area contributed by atoms with E-state index in [9.17, 15) is 4.79 Å². The molecule has 5 heteroatoms. The van der Waals surface area contributed by atoms with Crippen LogP contribution in [0, 0.1) is 0 Å². The molecule has 3 aliphatic rings. The molecule has 25 heavy (non-hydrogen) atoms. The highest BCUT2D eigenvalue weighted by molar-refractivity contribution is 9.08. The number of halogens is 1. The Bertz CT molecular complexity index is 796. The van der Waals surface area contributed by atoms with E-state index in [1.165, 1.54) is 11.1 Å². The van der Waals surface area contributed by atoms with Crippen molar-refractivity contribution >= 4 is 21.9 Å². The van der Waals surface area contributed by atoms with Crippen LogP contribution in [0.25, 0.3) is 0 Å². The number of hydrogen-bond donors (Lipinski definition) is 0. The molecule has 0 N–H and O–H groups in total.